The van der Waals surface area contributed by atoms with Gasteiger partial charge >= 0.3 is 5.97 Å². The van der Waals surface area contributed by atoms with E-state index in [1.165, 1.54) is 12.8 Å². The van der Waals surface area contributed by atoms with Gasteiger partial charge in [0.2, 0.25) is 0 Å². The quantitative estimate of drug-likeness (QED) is 0.755. The molecule has 2 heterocycles. The van der Waals surface area contributed by atoms with Gasteiger partial charge in [-0.3, -0.25) is 4.98 Å². The predicted molar refractivity (Wildman–Crippen MR) is 60.9 cm³/mol. The Labute approximate surface area is 98.4 Å². The Morgan fingerprint density at radius 3 is 3.06 bits per heavy atom. The SMILES string of the molecule is CCOC(=O)c1cn2cc(C3CC3)ncc2n1. The molecule has 0 aliphatic heterocycles. The van der Waals surface area contributed by atoms with Crippen molar-refractivity contribution >= 4 is 11.6 Å². The molecule has 1 aliphatic rings. The van der Waals surface area contributed by atoms with Crippen LogP contribution in [0.5, 0.6) is 0 Å². The van der Waals surface area contributed by atoms with Gasteiger partial charge in [-0.05, 0) is 19.8 Å². The van der Waals surface area contributed by atoms with Gasteiger partial charge in [0, 0.05) is 18.3 Å². The lowest BCUT2D eigenvalue weighted by Gasteiger charge is -1.97. The lowest BCUT2D eigenvalue weighted by molar-refractivity contribution is 0.0520. The Bertz CT molecular complexity index is 572. The highest BCUT2D eigenvalue weighted by Crippen LogP contribution is 2.38. The average molecular weight is 231 g/mol. The first-order valence-corrected chi connectivity index (χ1v) is 5.79. The largest absolute Gasteiger partial charge is 0.461 e. The second kappa shape index (κ2) is 3.84. The summed E-state index contributed by atoms with van der Waals surface area (Å²) in [6.07, 6.45) is 7.76. The Balaban J connectivity index is 1.97. The molecule has 0 N–H and O–H groups in total. The minimum absolute atomic E-state index is 0.335. The van der Waals surface area contributed by atoms with Gasteiger partial charge in [-0.15, -0.1) is 0 Å². The highest BCUT2D eigenvalue weighted by atomic mass is 16.5. The van der Waals surface area contributed by atoms with E-state index in [-0.39, 0.29) is 5.97 Å². The normalized spacial score (nSPS) is 15.1. The Morgan fingerprint density at radius 1 is 1.53 bits per heavy atom. The monoisotopic (exact) mass is 231 g/mol. The van der Waals surface area contributed by atoms with E-state index in [0.717, 1.165) is 5.69 Å². The molecule has 0 spiro atoms. The number of rotatable bonds is 3. The number of fused-ring (bicyclic) bond motifs is 1. The van der Waals surface area contributed by atoms with Crippen LogP contribution in [0, 0.1) is 0 Å². The summed E-state index contributed by atoms with van der Waals surface area (Å²) in [4.78, 5) is 20.1. The van der Waals surface area contributed by atoms with E-state index in [9.17, 15) is 4.79 Å². The van der Waals surface area contributed by atoms with Gasteiger partial charge in [0.05, 0.1) is 18.5 Å². The molecule has 5 heteroatoms. The van der Waals surface area contributed by atoms with Crippen molar-refractivity contribution in [2.75, 3.05) is 6.61 Å². The van der Waals surface area contributed by atoms with Crippen molar-refractivity contribution in [1.82, 2.24) is 14.4 Å². The summed E-state index contributed by atoms with van der Waals surface area (Å²) in [5.41, 5.74) is 2.09. The second-order valence-corrected chi connectivity index (χ2v) is 4.20. The number of esters is 1. The first kappa shape index (κ1) is 10.3. The van der Waals surface area contributed by atoms with Crippen molar-refractivity contribution in [1.29, 1.82) is 0 Å². The third-order valence-electron chi connectivity index (χ3n) is 2.84. The molecule has 0 aromatic carbocycles. The Hall–Kier alpha value is -1.91. The summed E-state index contributed by atoms with van der Waals surface area (Å²) in [6.45, 7) is 2.14. The molecule has 1 fully saturated rings. The average Bonchev–Trinajstić information content (AvgIpc) is 3.08. The number of imidazole rings is 1. The fraction of sp³-hybridized carbons (Fsp3) is 0.417. The molecular weight excluding hydrogens is 218 g/mol. The summed E-state index contributed by atoms with van der Waals surface area (Å²) in [5, 5.41) is 0. The van der Waals surface area contributed by atoms with Crippen molar-refractivity contribution in [2.45, 2.75) is 25.7 Å². The van der Waals surface area contributed by atoms with Gasteiger partial charge in [0.15, 0.2) is 11.3 Å². The predicted octanol–water partition coefficient (Wildman–Crippen LogP) is 1.78. The summed E-state index contributed by atoms with van der Waals surface area (Å²) in [5.74, 6) is 0.206. The Morgan fingerprint density at radius 2 is 2.35 bits per heavy atom. The van der Waals surface area contributed by atoms with Crippen molar-refractivity contribution in [3.63, 3.8) is 0 Å². The van der Waals surface area contributed by atoms with E-state index in [1.807, 2.05) is 10.6 Å². The third-order valence-corrected chi connectivity index (χ3v) is 2.84. The van der Waals surface area contributed by atoms with E-state index < -0.39 is 0 Å². The number of aromatic nitrogens is 3. The number of hydrogen-bond acceptors (Lipinski definition) is 4. The Kier molecular flexibility index (Phi) is 2.31. The lowest BCUT2D eigenvalue weighted by Crippen LogP contribution is -2.04. The molecular formula is C12H13N3O2. The van der Waals surface area contributed by atoms with Crippen molar-refractivity contribution < 1.29 is 9.53 Å². The maximum Gasteiger partial charge on any atom is 0.358 e. The third kappa shape index (κ3) is 1.88. The summed E-state index contributed by atoms with van der Waals surface area (Å²) >= 11 is 0. The first-order chi connectivity index (χ1) is 8.28. The van der Waals surface area contributed by atoms with E-state index in [4.69, 9.17) is 4.74 Å². The van der Waals surface area contributed by atoms with Crippen LogP contribution < -0.4 is 0 Å². The fourth-order valence-corrected chi connectivity index (χ4v) is 1.81. The number of nitrogens with zero attached hydrogens (tertiary/aromatic N) is 3. The van der Waals surface area contributed by atoms with Gasteiger partial charge < -0.3 is 9.14 Å². The zero-order chi connectivity index (χ0) is 11.8. The number of ether oxygens (including phenoxy) is 1. The molecule has 5 nitrogen and oxygen atoms in total. The zero-order valence-corrected chi connectivity index (χ0v) is 9.59. The van der Waals surface area contributed by atoms with Crippen LogP contribution in [0.4, 0.5) is 0 Å². The van der Waals surface area contributed by atoms with Crippen molar-refractivity contribution in [3.05, 3.63) is 30.0 Å². The summed E-state index contributed by atoms with van der Waals surface area (Å²) in [7, 11) is 0. The van der Waals surface area contributed by atoms with Gasteiger partial charge in [-0.1, -0.05) is 0 Å². The smallest absolute Gasteiger partial charge is 0.358 e. The first-order valence-electron chi connectivity index (χ1n) is 5.79. The molecule has 1 saturated carbocycles. The molecule has 2 aromatic heterocycles. The van der Waals surface area contributed by atoms with Crippen LogP contribution in [-0.4, -0.2) is 26.9 Å². The van der Waals surface area contributed by atoms with E-state index >= 15 is 0 Å². The van der Waals surface area contributed by atoms with E-state index in [1.54, 1.807) is 19.3 Å². The lowest BCUT2D eigenvalue weighted by atomic mass is 10.3. The zero-order valence-electron chi connectivity index (χ0n) is 9.59. The summed E-state index contributed by atoms with van der Waals surface area (Å²) < 4.78 is 6.75. The topological polar surface area (TPSA) is 56.5 Å². The van der Waals surface area contributed by atoms with Crippen molar-refractivity contribution in [3.8, 4) is 0 Å². The molecule has 0 atom stereocenters. The number of hydrogen-bond donors (Lipinski definition) is 0. The van der Waals surface area contributed by atoms with Crippen LogP contribution in [0.1, 0.15) is 41.9 Å². The highest BCUT2D eigenvalue weighted by molar-refractivity contribution is 5.87. The highest BCUT2D eigenvalue weighted by Gasteiger charge is 2.25. The van der Waals surface area contributed by atoms with E-state index in [0.29, 0.717) is 23.9 Å². The van der Waals surface area contributed by atoms with Gasteiger partial charge in [-0.25, -0.2) is 9.78 Å². The minimum Gasteiger partial charge on any atom is -0.461 e. The minimum atomic E-state index is -0.385. The molecule has 1 aliphatic carbocycles. The summed E-state index contributed by atoms with van der Waals surface area (Å²) in [6, 6.07) is 0. The van der Waals surface area contributed by atoms with Gasteiger partial charge in [0.25, 0.3) is 0 Å². The number of carbonyl (C=O) groups excluding carboxylic acids is 1. The molecule has 0 unspecified atom stereocenters. The molecule has 2 aromatic rings. The van der Waals surface area contributed by atoms with Crippen LogP contribution in [0.15, 0.2) is 18.6 Å². The molecule has 0 amide bonds. The van der Waals surface area contributed by atoms with Crippen LogP contribution in [0.25, 0.3) is 5.65 Å². The molecule has 3 rings (SSSR count). The second-order valence-electron chi connectivity index (χ2n) is 4.20. The molecule has 17 heavy (non-hydrogen) atoms. The van der Waals surface area contributed by atoms with Crippen LogP contribution in [0.2, 0.25) is 0 Å². The maximum absolute atomic E-state index is 11.5. The molecule has 0 saturated heterocycles. The van der Waals surface area contributed by atoms with Crippen LogP contribution in [-0.2, 0) is 4.74 Å². The maximum atomic E-state index is 11.5. The standard InChI is InChI=1S/C12H13N3O2/c1-2-17-12(16)10-7-15-6-9(8-3-4-8)13-5-11(15)14-10/h5-8H,2-4H2,1H3. The van der Waals surface area contributed by atoms with Crippen molar-refractivity contribution in [2.24, 2.45) is 0 Å². The van der Waals surface area contributed by atoms with Gasteiger partial charge in [-0.2, -0.15) is 0 Å². The van der Waals surface area contributed by atoms with E-state index in [2.05, 4.69) is 9.97 Å². The number of carbonyl (C=O) groups is 1. The molecule has 88 valence electrons. The molecule has 0 radical (unpaired) electrons. The molecule has 0 bridgehead atoms. The van der Waals surface area contributed by atoms with Gasteiger partial charge in [0.1, 0.15) is 0 Å². The van der Waals surface area contributed by atoms with Crippen LogP contribution >= 0.6 is 0 Å². The fourth-order valence-electron chi connectivity index (χ4n) is 1.81. The van der Waals surface area contributed by atoms with Crippen LogP contribution in [0.3, 0.4) is 0 Å².